The van der Waals surface area contributed by atoms with E-state index in [1.54, 1.807) is 13.8 Å². The van der Waals surface area contributed by atoms with Gasteiger partial charge < -0.3 is 10.3 Å². The molecule has 0 unspecified atom stereocenters. The van der Waals surface area contributed by atoms with E-state index in [0.29, 0.717) is 11.4 Å². The van der Waals surface area contributed by atoms with Gasteiger partial charge in [0, 0.05) is 6.07 Å². The molecule has 0 fully saturated rings. The second-order valence-electron chi connectivity index (χ2n) is 4.65. The summed E-state index contributed by atoms with van der Waals surface area (Å²) in [5, 5.41) is 3.72. The highest BCUT2D eigenvalue weighted by Gasteiger charge is 2.21. The number of hydrogen-bond donors (Lipinski definition) is 1. The monoisotopic (exact) mass is 253 g/mol. The fourth-order valence-electron chi connectivity index (χ4n) is 1.42. The zero-order chi connectivity index (χ0) is 13.3. The van der Waals surface area contributed by atoms with Gasteiger partial charge in [0.05, 0.1) is 12.0 Å². The Hall–Kier alpha value is -1.82. The van der Waals surface area contributed by atoms with Crippen LogP contribution in [-0.2, 0) is 12.0 Å². The van der Waals surface area contributed by atoms with Crippen molar-refractivity contribution in [3.05, 3.63) is 47.1 Å². The highest BCUT2D eigenvalue weighted by molar-refractivity contribution is 5.21. The smallest absolute Gasteiger partial charge is 0.231 e. The number of nitrogens with two attached hydrogens (primary N) is 1. The lowest BCUT2D eigenvalue weighted by atomic mass is 10.1. The van der Waals surface area contributed by atoms with Gasteiger partial charge in [-0.3, -0.25) is 0 Å². The predicted octanol–water partition coefficient (Wildman–Crippen LogP) is 2.13. The molecule has 0 radical (unpaired) electrons. The molecule has 0 bridgehead atoms. The molecule has 1 aromatic carbocycles. The van der Waals surface area contributed by atoms with Gasteiger partial charge in [-0.2, -0.15) is 4.98 Å². The van der Waals surface area contributed by atoms with E-state index in [2.05, 4.69) is 10.1 Å². The Morgan fingerprint density at radius 1 is 1.33 bits per heavy atom. The van der Waals surface area contributed by atoms with Crippen LogP contribution in [0.3, 0.4) is 0 Å². The van der Waals surface area contributed by atoms with E-state index in [1.165, 1.54) is 12.1 Å². The van der Waals surface area contributed by atoms with Crippen LogP contribution in [0.15, 0.2) is 22.7 Å². The van der Waals surface area contributed by atoms with Crippen molar-refractivity contribution in [2.45, 2.75) is 25.8 Å². The molecular weight excluding hydrogens is 240 g/mol. The molecule has 18 heavy (non-hydrogen) atoms. The molecule has 1 heterocycles. The largest absolute Gasteiger partial charge is 0.339 e. The number of hydrogen-bond acceptors (Lipinski definition) is 4. The minimum atomic E-state index is -0.719. The Bertz CT molecular complexity index is 561. The lowest BCUT2D eigenvalue weighted by Gasteiger charge is -2.11. The Labute approximate surface area is 103 Å². The summed E-state index contributed by atoms with van der Waals surface area (Å²) in [6.07, 6.45) is 0.106. The zero-order valence-corrected chi connectivity index (χ0v) is 10.1. The first-order valence-electron chi connectivity index (χ1n) is 5.42. The summed E-state index contributed by atoms with van der Waals surface area (Å²) >= 11 is 0. The van der Waals surface area contributed by atoms with Crippen molar-refractivity contribution in [3.8, 4) is 0 Å². The van der Waals surface area contributed by atoms with Crippen LogP contribution in [0.25, 0.3) is 0 Å². The van der Waals surface area contributed by atoms with Crippen molar-refractivity contribution in [2.75, 3.05) is 0 Å². The fourth-order valence-corrected chi connectivity index (χ4v) is 1.42. The van der Waals surface area contributed by atoms with E-state index in [4.69, 9.17) is 10.3 Å². The second kappa shape index (κ2) is 4.45. The molecular formula is C12H13F2N3O. The SMILES string of the molecule is CC(C)(N)c1noc(Cc2ccc(F)cc2F)n1. The molecule has 4 nitrogen and oxygen atoms in total. The third-order valence-corrected chi connectivity index (χ3v) is 2.40. The van der Waals surface area contributed by atoms with Crippen LogP contribution in [0.4, 0.5) is 8.78 Å². The van der Waals surface area contributed by atoms with Crippen molar-refractivity contribution in [1.29, 1.82) is 0 Å². The number of aromatic nitrogens is 2. The molecule has 1 aromatic heterocycles. The molecule has 2 rings (SSSR count). The van der Waals surface area contributed by atoms with E-state index in [-0.39, 0.29) is 12.3 Å². The van der Waals surface area contributed by atoms with Crippen molar-refractivity contribution >= 4 is 0 Å². The third-order valence-electron chi connectivity index (χ3n) is 2.40. The van der Waals surface area contributed by atoms with Gasteiger partial charge in [-0.15, -0.1) is 0 Å². The van der Waals surface area contributed by atoms with E-state index in [9.17, 15) is 8.78 Å². The average Bonchev–Trinajstić information content (AvgIpc) is 2.70. The van der Waals surface area contributed by atoms with Gasteiger partial charge in [-0.25, -0.2) is 8.78 Å². The van der Waals surface area contributed by atoms with E-state index in [1.807, 2.05) is 0 Å². The number of benzene rings is 1. The van der Waals surface area contributed by atoms with Crippen molar-refractivity contribution in [1.82, 2.24) is 10.1 Å². The van der Waals surface area contributed by atoms with Gasteiger partial charge >= 0.3 is 0 Å². The Kier molecular flexibility index (Phi) is 3.13. The molecule has 0 aliphatic carbocycles. The summed E-state index contributed by atoms with van der Waals surface area (Å²) in [4.78, 5) is 4.08. The number of nitrogens with zero attached hydrogens (tertiary/aromatic N) is 2. The summed E-state index contributed by atoms with van der Waals surface area (Å²) in [6, 6.07) is 3.35. The molecule has 96 valence electrons. The van der Waals surface area contributed by atoms with Crippen molar-refractivity contribution < 1.29 is 13.3 Å². The van der Waals surface area contributed by atoms with Crippen LogP contribution in [0.2, 0.25) is 0 Å². The van der Waals surface area contributed by atoms with Crippen LogP contribution >= 0.6 is 0 Å². The Morgan fingerprint density at radius 2 is 2.06 bits per heavy atom. The van der Waals surface area contributed by atoms with Crippen LogP contribution in [-0.4, -0.2) is 10.1 Å². The highest BCUT2D eigenvalue weighted by Crippen LogP contribution is 2.17. The molecule has 0 saturated heterocycles. The van der Waals surface area contributed by atoms with Crippen molar-refractivity contribution in [2.24, 2.45) is 5.73 Å². The zero-order valence-electron chi connectivity index (χ0n) is 10.1. The Balaban J connectivity index is 2.21. The van der Waals surface area contributed by atoms with Crippen LogP contribution < -0.4 is 5.73 Å². The lowest BCUT2D eigenvalue weighted by molar-refractivity contribution is 0.364. The summed E-state index contributed by atoms with van der Waals surface area (Å²) in [7, 11) is 0. The Morgan fingerprint density at radius 3 is 2.61 bits per heavy atom. The fraction of sp³-hybridized carbons (Fsp3) is 0.333. The topological polar surface area (TPSA) is 64.9 Å². The van der Waals surface area contributed by atoms with Gasteiger partial charge in [-0.05, 0) is 25.5 Å². The maximum absolute atomic E-state index is 13.4. The maximum Gasteiger partial charge on any atom is 0.231 e. The molecule has 0 amide bonds. The van der Waals surface area contributed by atoms with E-state index < -0.39 is 17.2 Å². The first-order valence-corrected chi connectivity index (χ1v) is 5.42. The molecule has 6 heteroatoms. The summed E-state index contributed by atoms with van der Waals surface area (Å²) < 4.78 is 31.1. The van der Waals surface area contributed by atoms with E-state index in [0.717, 1.165) is 6.07 Å². The molecule has 0 atom stereocenters. The molecule has 2 N–H and O–H groups in total. The quantitative estimate of drug-likeness (QED) is 0.910. The predicted molar refractivity (Wildman–Crippen MR) is 60.7 cm³/mol. The highest BCUT2D eigenvalue weighted by atomic mass is 19.1. The first-order chi connectivity index (χ1) is 8.36. The first kappa shape index (κ1) is 12.6. The lowest BCUT2D eigenvalue weighted by Crippen LogP contribution is -2.30. The molecule has 2 aromatic rings. The average molecular weight is 253 g/mol. The normalized spacial score (nSPS) is 11.8. The number of halogens is 2. The van der Waals surface area contributed by atoms with Gasteiger partial charge in [0.2, 0.25) is 5.89 Å². The van der Waals surface area contributed by atoms with Gasteiger partial charge in [0.15, 0.2) is 5.82 Å². The van der Waals surface area contributed by atoms with Crippen molar-refractivity contribution in [3.63, 3.8) is 0 Å². The van der Waals surface area contributed by atoms with Crippen LogP contribution in [0.5, 0.6) is 0 Å². The van der Waals surface area contributed by atoms with Crippen LogP contribution in [0.1, 0.15) is 31.1 Å². The minimum absolute atomic E-state index is 0.106. The molecule has 0 aliphatic rings. The van der Waals surface area contributed by atoms with Gasteiger partial charge in [-0.1, -0.05) is 11.2 Å². The standard InChI is InChI=1S/C12H13F2N3O/c1-12(2,15)11-16-10(18-17-11)5-7-3-4-8(13)6-9(7)14/h3-4,6H,5,15H2,1-2H3. The van der Waals surface area contributed by atoms with Crippen LogP contribution in [0, 0.1) is 11.6 Å². The number of rotatable bonds is 3. The summed E-state index contributed by atoms with van der Waals surface area (Å²) in [5.74, 6) is -0.665. The third kappa shape index (κ3) is 2.70. The summed E-state index contributed by atoms with van der Waals surface area (Å²) in [6.45, 7) is 3.47. The van der Waals surface area contributed by atoms with Gasteiger partial charge in [0.25, 0.3) is 0 Å². The summed E-state index contributed by atoms with van der Waals surface area (Å²) in [5.41, 5.74) is 5.38. The molecule has 0 aliphatic heterocycles. The van der Waals surface area contributed by atoms with Gasteiger partial charge in [0.1, 0.15) is 11.6 Å². The maximum atomic E-state index is 13.4. The second-order valence-corrected chi connectivity index (χ2v) is 4.65. The molecule has 0 spiro atoms. The minimum Gasteiger partial charge on any atom is -0.339 e. The van der Waals surface area contributed by atoms with E-state index >= 15 is 0 Å². The molecule has 0 saturated carbocycles.